The first kappa shape index (κ1) is 9.48. The first-order valence-corrected chi connectivity index (χ1v) is 4.18. The van der Waals surface area contributed by atoms with Gasteiger partial charge in [0.2, 0.25) is 0 Å². The molecule has 4 heteroatoms. The topological polar surface area (TPSA) is 44.8 Å². The van der Waals surface area contributed by atoms with Gasteiger partial charge in [-0.25, -0.2) is 0 Å². The minimum atomic E-state index is -0.190. The fourth-order valence-corrected chi connectivity index (χ4v) is 1.07. The number of ether oxygens (including phenoxy) is 3. The summed E-state index contributed by atoms with van der Waals surface area (Å²) in [4.78, 5) is 11.0. The Bertz CT molecular complexity index is 140. The molecule has 0 spiro atoms. The van der Waals surface area contributed by atoms with Crippen molar-refractivity contribution in [2.45, 2.75) is 25.9 Å². The highest BCUT2D eigenvalue weighted by molar-refractivity contribution is 5.69. The number of carbonyl (C=O) groups is 1. The number of hydrogen-bond acceptors (Lipinski definition) is 4. The molecule has 0 N–H and O–H groups in total. The van der Waals surface area contributed by atoms with Gasteiger partial charge in [-0.15, -0.1) is 0 Å². The SMILES string of the molecule is CCOC(=O)C[C@H]1CCOCO1. The van der Waals surface area contributed by atoms with Gasteiger partial charge in [-0.1, -0.05) is 0 Å². The van der Waals surface area contributed by atoms with Crippen molar-refractivity contribution in [1.29, 1.82) is 0 Å². The van der Waals surface area contributed by atoms with Crippen LogP contribution >= 0.6 is 0 Å². The molecule has 0 aromatic rings. The molecule has 0 amide bonds. The Morgan fingerprint density at radius 3 is 3.08 bits per heavy atom. The van der Waals surface area contributed by atoms with Gasteiger partial charge in [0, 0.05) is 0 Å². The molecular weight excluding hydrogens is 160 g/mol. The van der Waals surface area contributed by atoms with E-state index in [0.717, 1.165) is 6.42 Å². The lowest BCUT2D eigenvalue weighted by Crippen LogP contribution is -2.26. The van der Waals surface area contributed by atoms with E-state index in [-0.39, 0.29) is 12.1 Å². The second kappa shape index (κ2) is 5.11. The van der Waals surface area contributed by atoms with Crippen LogP contribution in [-0.2, 0) is 19.0 Å². The normalized spacial score (nSPS) is 23.6. The van der Waals surface area contributed by atoms with Crippen molar-refractivity contribution >= 4 is 5.97 Å². The highest BCUT2D eigenvalue weighted by atomic mass is 16.7. The van der Waals surface area contributed by atoms with E-state index >= 15 is 0 Å². The van der Waals surface area contributed by atoms with Crippen molar-refractivity contribution in [1.82, 2.24) is 0 Å². The van der Waals surface area contributed by atoms with Crippen LogP contribution in [0, 0.1) is 0 Å². The van der Waals surface area contributed by atoms with Crippen LogP contribution in [0.15, 0.2) is 0 Å². The molecule has 1 rings (SSSR count). The van der Waals surface area contributed by atoms with Gasteiger partial charge in [0.1, 0.15) is 6.79 Å². The van der Waals surface area contributed by atoms with E-state index in [4.69, 9.17) is 14.2 Å². The van der Waals surface area contributed by atoms with Gasteiger partial charge in [0.05, 0.1) is 25.7 Å². The van der Waals surface area contributed by atoms with Crippen LogP contribution < -0.4 is 0 Å². The summed E-state index contributed by atoms with van der Waals surface area (Å²) in [6.45, 7) is 3.19. The van der Waals surface area contributed by atoms with Crippen LogP contribution in [0.25, 0.3) is 0 Å². The van der Waals surface area contributed by atoms with E-state index < -0.39 is 0 Å². The Hall–Kier alpha value is -0.610. The summed E-state index contributed by atoms with van der Waals surface area (Å²) in [6.07, 6.45) is 1.11. The zero-order chi connectivity index (χ0) is 8.81. The summed E-state index contributed by atoms with van der Waals surface area (Å²) in [7, 11) is 0. The molecule has 1 fully saturated rings. The molecule has 1 heterocycles. The Labute approximate surface area is 71.8 Å². The molecule has 1 aliphatic heterocycles. The number of hydrogen-bond donors (Lipinski definition) is 0. The predicted molar refractivity (Wildman–Crippen MR) is 41.6 cm³/mol. The van der Waals surface area contributed by atoms with Gasteiger partial charge in [-0.05, 0) is 13.3 Å². The molecule has 12 heavy (non-hydrogen) atoms. The molecule has 0 aromatic heterocycles. The zero-order valence-corrected chi connectivity index (χ0v) is 7.25. The van der Waals surface area contributed by atoms with Crippen LogP contribution in [0.5, 0.6) is 0 Å². The van der Waals surface area contributed by atoms with E-state index in [1.54, 1.807) is 6.92 Å². The minimum absolute atomic E-state index is 0.0159. The average molecular weight is 174 g/mol. The summed E-state index contributed by atoms with van der Waals surface area (Å²) in [6, 6.07) is 0. The molecule has 0 bridgehead atoms. The fraction of sp³-hybridized carbons (Fsp3) is 0.875. The van der Waals surface area contributed by atoms with Gasteiger partial charge >= 0.3 is 5.97 Å². The average Bonchev–Trinajstić information content (AvgIpc) is 2.06. The third-order valence-electron chi connectivity index (χ3n) is 1.67. The van der Waals surface area contributed by atoms with E-state index in [0.29, 0.717) is 26.4 Å². The second-order valence-corrected chi connectivity index (χ2v) is 2.61. The predicted octanol–water partition coefficient (Wildman–Crippen LogP) is 0.703. The van der Waals surface area contributed by atoms with Crippen molar-refractivity contribution in [2.75, 3.05) is 20.0 Å². The fourth-order valence-electron chi connectivity index (χ4n) is 1.07. The molecule has 0 unspecified atom stereocenters. The molecule has 70 valence electrons. The van der Waals surface area contributed by atoms with Crippen molar-refractivity contribution in [3.8, 4) is 0 Å². The Morgan fingerprint density at radius 2 is 2.50 bits per heavy atom. The maximum atomic E-state index is 11.0. The number of esters is 1. The number of rotatable bonds is 3. The lowest BCUT2D eigenvalue weighted by Gasteiger charge is -2.21. The van der Waals surface area contributed by atoms with Gasteiger partial charge in [-0.3, -0.25) is 4.79 Å². The summed E-state index contributed by atoms with van der Waals surface area (Å²) < 4.78 is 14.9. The monoisotopic (exact) mass is 174 g/mol. The summed E-state index contributed by atoms with van der Waals surface area (Å²) >= 11 is 0. The molecule has 0 radical (unpaired) electrons. The lowest BCUT2D eigenvalue weighted by atomic mass is 10.2. The third kappa shape index (κ3) is 3.19. The largest absolute Gasteiger partial charge is 0.466 e. The summed E-state index contributed by atoms with van der Waals surface area (Å²) in [5.74, 6) is -0.190. The first-order chi connectivity index (χ1) is 5.83. The summed E-state index contributed by atoms with van der Waals surface area (Å²) in [5.41, 5.74) is 0. The van der Waals surface area contributed by atoms with Crippen LogP contribution in [0.3, 0.4) is 0 Å². The van der Waals surface area contributed by atoms with Gasteiger partial charge in [-0.2, -0.15) is 0 Å². The van der Waals surface area contributed by atoms with Crippen LogP contribution in [0.2, 0.25) is 0 Å². The molecule has 0 aliphatic carbocycles. The van der Waals surface area contributed by atoms with Crippen molar-refractivity contribution in [2.24, 2.45) is 0 Å². The molecule has 0 saturated carbocycles. The van der Waals surface area contributed by atoms with Crippen LogP contribution in [0.4, 0.5) is 0 Å². The highest BCUT2D eigenvalue weighted by Crippen LogP contribution is 2.10. The highest BCUT2D eigenvalue weighted by Gasteiger charge is 2.18. The maximum absolute atomic E-state index is 11.0. The van der Waals surface area contributed by atoms with E-state index in [1.165, 1.54) is 0 Å². The van der Waals surface area contributed by atoms with E-state index in [2.05, 4.69) is 0 Å². The van der Waals surface area contributed by atoms with Gasteiger partial charge in [0.25, 0.3) is 0 Å². The lowest BCUT2D eigenvalue weighted by molar-refractivity contribution is -0.161. The van der Waals surface area contributed by atoms with Gasteiger partial charge in [0.15, 0.2) is 0 Å². The molecule has 0 aromatic carbocycles. The Balaban J connectivity index is 2.15. The second-order valence-electron chi connectivity index (χ2n) is 2.61. The van der Waals surface area contributed by atoms with Crippen molar-refractivity contribution in [3.63, 3.8) is 0 Å². The minimum Gasteiger partial charge on any atom is -0.466 e. The third-order valence-corrected chi connectivity index (χ3v) is 1.67. The maximum Gasteiger partial charge on any atom is 0.308 e. The zero-order valence-electron chi connectivity index (χ0n) is 7.25. The standard InChI is InChI=1S/C8H14O4/c1-2-11-8(9)5-7-3-4-10-6-12-7/h7H,2-6H2,1H3/t7-/m1/s1. The molecule has 1 atom stereocenters. The molecule has 1 aliphatic rings. The molecule has 1 saturated heterocycles. The first-order valence-electron chi connectivity index (χ1n) is 4.18. The molecule has 4 nitrogen and oxygen atoms in total. The quantitative estimate of drug-likeness (QED) is 0.591. The number of carbonyl (C=O) groups excluding carboxylic acids is 1. The Kier molecular flexibility index (Phi) is 4.04. The van der Waals surface area contributed by atoms with Crippen molar-refractivity contribution < 1.29 is 19.0 Å². The Morgan fingerprint density at radius 1 is 1.67 bits per heavy atom. The molecular formula is C8H14O4. The van der Waals surface area contributed by atoms with E-state index in [9.17, 15) is 4.79 Å². The summed E-state index contributed by atoms with van der Waals surface area (Å²) in [5, 5.41) is 0. The van der Waals surface area contributed by atoms with Crippen LogP contribution in [-0.4, -0.2) is 32.1 Å². The van der Waals surface area contributed by atoms with Crippen molar-refractivity contribution in [3.05, 3.63) is 0 Å². The van der Waals surface area contributed by atoms with Crippen LogP contribution in [0.1, 0.15) is 19.8 Å². The van der Waals surface area contributed by atoms with E-state index in [1.807, 2.05) is 0 Å². The van der Waals surface area contributed by atoms with Gasteiger partial charge < -0.3 is 14.2 Å². The smallest absolute Gasteiger partial charge is 0.308 e.